The van der Waals surface area contributed by atoms with Crippen LogP contribution in [0.3, 0.4) is 0 Å². The number of aliphatic hydroxyl groups excluding tert-OH is 1. The molecule has 0 aromatic heterocycles. The highest BCUT2D eigenvalue weighted by atomic mass is 16.3. The van der Waals surface area contributed by atoms with Crippen LogP contribution in [0.1, 0.15) is 18.9 Å². The van der Waals surface area contributed by atoms with E-state index in [0.717, 1.165) is 11.3 Å². The first-order valence-electron chi connectivity index (χ1n) is 4.82. The van der Waals surface area contributed by atoms with Crippen molar-refractivity contribution in [3.05, 3.63) is 29.8 Å². The Morgan fingerprint density at radius 3 is 3.07 bits per heavy atom. The van der Waals surface area contributed by atoms with Crippen LogP contribution in [0.2, 0.25) is 0 Å². The average Bonchev–Trinajstić information content (AvgIpc) is 2.17. The standard InChI is InChI=1S/C11H14N2O/c1-8(14)6-11-12-7-9-4-2-3-5-10(9)13-11/h2-5,7-8,11,13-14H,6H2,1H3. The van der Waals surface area contributed by atoms with Gasteiger partial charge in [0.1, 0.15) is 6.17 Å². The van der Waals surface area contributed by atoms with Crippen molar-refractivity contribution in [1.29, 1.82) is 0 Å². The zero-order valence-corrected chi connectivity index (χ0v) is 8.14. The minimum Gasteiger partial charge on any atom is -0.393 e. The highest BCUT2D eigenvalue weighted by Crippen LogP contribution is 2.19. The predicted molar refractivity (Wildman–Crippen MR) is 57.7 cm³/mol. The van der Waals surface area contributed by atoms with Crippen LogP contribution in [0, 0.1) is 0 Å². The van der Waals surface area contributed by atoms with E-state index in [2.05, 4.69) is 10.3 Å². The minimum atomic E-state index is -0.324. The lowest BCUT2D eigenvalue weighted by molar-refractivity contribution is 0.178. The van der Waals surface area contributed by atoms with Crippen molar-refractivity contribution >= 4 is 11.9 Å². The number of nitrogens with one attached hydrogen (secondary N) is 1. The Morgan fingerprint density at radius 1 is 1.50 bits per heavy atom. The zero-order chi connectivity index (χ0) is 9.97. The molecule has 1 heterocycles. The molecule has 14 heavy (non-hydrogen) atoms. The summed E-state index contributed by atoms with van der Waals surface area (Å²) in [4.78, 5) is 4.31. The molecule has 0 radical (unpaired) electrons. The van der Waals surface area contributed by atoms with Gasteiger partial charge < -0.3 is 10.4 Å². The Balaban J connectivity index is 2.13. The zero-order valence-electron chi connectivity index (χ0n) is 8.14. The largest absolute Gasteiger partial charge is 0.393 e. The Morgan fingerprint density at radius 2 is 2.29 bits per heavy atom. The summed E-state index contributed by atoms with van der Waals surface area (Å²) in [5, 5.41) is 12.5. The van der Waals surface area contributed by atoms with Gasteiger partial charge in [-0.05, 0) is 13.0 Å². The summed E-state index contributed by atoms with van der Waals surface area (Å²) >= 11 is 0. The van der Waals surface area contributed by atoms with Crippen molar-refractivity contribution < 1.29 is 5.11 Å². The Hall–Kier alpha value is -1.35. The van der Waals surface area contributed by atoms with E-state index in [1.165, 1.54) is 0 Å². The molecule has 0 saturated carbocycles. The van der Waals surface area contributed by atoms with Gasteiger partial charge in [0.15, 0.2) is 0 Å². The van der Waals surface area contributed by atoms with Gasteiger partial charge in [0.25, 0.3) is 0 Å². The molecule has 2 N–H and O–H groups in total. The summed E-state index contributed by atoms with van der Waals surface area (Å²) in [6, 6.07) is 8.02. The molecule has 1 aromatic rings. The molecule has 1 aliphatic rings. The summed E-state index contributed by atoms with van der Waals surface area (Å²) in [5.41, 5.74) is 2.20. The first kappa shape index (κ1) is 9.21. The predicted octanol–water partition coefficient (Wildman–Crippen LogP) is 1.63. The molecule has 74 valence electrons. The summed E-state index contributed by atoms with van der Waals surface area (Å²) in [6.07, 6.45) is 2.18. The normalized spacial score (nSPS) is 21.1. The number of rotatable bonds is 2. The van der Waals surface area contributed by atoms with Crippen LogP contribution >= 0.6 is 0 Å². The molecule has 1 aromatic carbocycles. The summed E-state index contributed by atoms with van der Waals surface area (Å²) in [5.74, 6) is 0. The fraction of sp³-hybridized carbons (Fsp3) is 0.364. The second-order valence-electron chi connectivity index (χ2n) is 3.61. The number of benzene rings is 1. The van der Waals surface area contributed by atoms with E-state index in [9.17, 15) is 5.11 Å². The maximum atomic E-state index is 9.24. The number of para-hydroxylation sites is 1. The SMILES string of the molecule is CC(O)CC1N=Cc2ccccc2N1. The van der Waals surface area contributed by atoms with Crippen molar-refractivity contribution in [2.75, 3.05) is 5.32 Å². The van der Waals surface area contributed by atoms with E-state index in [1.54, 1.807) is 6.92 Å². The number of aliphatic hydroxyl groups is 1. The van der Waals surface area contributed by atoms with Gasteiger partial charge in [0, 0.05) is 23.9 Å². The Kier molecular flexibility index (Phi) is 2.50. The van der Waals surface area contributed by atoms with Crippen molar-refractivity contribution in [1.82, 2.24) is 0 Å². The molecule has 3 heteroatoms. The fourth-order valence-corrected chi connectivity index (χ4v) is 1.57. The molecule has 0 aliphatic carbocycles. The molecule has 2 atom stereocenters. The molecule has 0 fully saturated rings. The third kappa shape index (κ3) is 1.93. The molecule has 3 nitrogen and oxygen atoms in total. The number of hydrogen-bond acceptors (Lipinski definition) is 3. The monoisotopic (exact) mass is 190 g/mol. The van der Waals surface area contributed by atoms with E-state index < -0.39 is 0 Å². The number of aliphatic imine (C=N–C) groups is 1. The van der Waals surface area contributed by atoms with Gasteiger partial charge in [0.2, 0.25) is 0 Å². The first-order valence-corrected chi connectivity index (χ1v) is 4.82. The third-order valence-electron chi connectivity index (χ3n) is 2.24. The van der Waals surface area contributed by atoms with Crippen LogP contribution in [0.5, 0.6) is 0 Å². The highest BCUT2D eigenvalue weighted by molar-refractivity contribution is 5.89. The minimum absolute atomic E-state index is 0.00454. The molecule has 0 saturated heterocycles. The number of nitrogens with zero attached hydrogens (tertiary/aromatic N) is 1. The fourth-order valence-electron chi connectivity index (χ4n) is 1.57. The lowest BCUT2D eigenvalue weighted by Crippen LogP contribution is -2.25. The van der Waals surface area contributed by atoms with Gasteiger partial charge in [-0.1, -0.05) is 18.2 Å². The molecular weight excluding hydrogens is 176 g/mol. The van der Waals surface area contributed by atoms with E-state index in [-0.39, 0.29) is 12.3 Å². The quantitative estimate of drug-likeness (QED) is 0.744. The van der Waals surface area contributed by atoms with Crippen LogP contribution in [0.25, 0.3) is 0 Å². The lowest BCUT2D eigenvalue weighted by Gasteiger charge is -2.22. The average molecular weight is 190 g/mol. The molecule has 2 rings (SSSR count). The van der Waals surface area contributed by atoms with Gasteiger partial charge >= 0.3 is 0 Å². The van der Waals surface area contributed by atoms with Crippen molar-refractivity contribution in [2.45, 2.75) is 25.6 Å². The van der Waals surface area contributed by atoms with Gasteiger partial charge in [-0.15, -0.1) is 0 Å². The maximum absolute atomic E-state index is 9.24. The number of hydrogen-bond donors (Lipinski definition) is 2. The van der Waals surface area contributed by atoms with E-state index >= 15 is 0 Å². The van der Waals surface area contributed by atoms with Crippen LogP contribution < -0.4 is 5.32 Å². The topological polar surface area (TPSA) is 44.6 Å². The third-order valence-corrected chi connectivity index (χ3v) is 2.24. The molecule has 0 spiro atoms. The summed E-state index contributed by atoms with van der Waals surface area (Å²) < 4.78 is 0. The second-order valence-corrected chi connectivity index (χ2v) is 3.61. The molecule has 1 aliphatic heterocycles. The van der Waals surface area contributed by atoms with Crippen molar-refractivity contribution in [2.24, 2.45) is 4.99 Å². The number of fused-ring (bicyclic) bond motifs is 1. The van der Waals surface area contributed by atoms with Crippen LogP contribution in [0.4, 0.5) is 5.69 Å². The summed E-state index contributed by atoms with van der Waals surface area (Å²) in [6.45, 7) is 1.78. The molecular formula is C11H14N2O. The van der Waals surface area contributed by atoms with E-state index in [1.807, 2.05) is 30.5 Å². The van der Waals surface area contributed by atoms with E-state index in [4.69, 9.17) is 0 Å². The Labute approximate surface area is 83.5 Å². The summed E-state index contributed by atoms with van der Waals surface area (Å²) in [7, 11) is 0. The number of anilines is 1. The first-order chi connectivity index (χ1) is 6.75. The van der Waals surface area contributed by atoms with Crippen LogP contribution in [0.15, 0.2) is 29.3 Å². The van der Waals surface area contributed by atoms with Gasteiger partial charge in [-0.25, -0.2) is 0 Å². The molecule has 0 amide bonds. The van der Waals surface area contributed by atoms with Crippen LogP contribution in [-0.4, -0.2) is 23.6 Å². The van der Waals surface area contributed by atoms with Gasteiger partial charge in [-0.3, -0.25) is 4.99 Å². The lowest BCUT2D eigenvalue weighted by atomic mass is 10.1. The van der Waals surface area contributed by atoms with E-state index in [0.29, 0.717) is 6.42 Å². The maximum Gasteiger partial charge on any atom is 0.121 e. The van der Waals surface area contributed by atoms with Gasteiger partial charge in [0.05, 0.1) is 6.10 Å². The van der Waals surface area contributed by atoms with Crippen molar-refractivity contribution in [3.63, 3.8) is 0 Å². The van der Waals surface area contributed by atoms with Gasteiger partial charge in [-0.2, -0.15) is 0 Å². The van der Waals surface area contributed by atoms with Crippen LogP contribution in [-0.2, 0) is 0 Å². The Bertz CT molecular complexity index is 347. The smallest absolute Gasteiger partial charge is 0.121 e. The second kappa shape index (κ2) is 3.80. The van der Waals surface area contributed by atoms with Crippen molar-refractivity contribution in [3.8, 4) is 0 Å². The highest BCUT2D eigenvalue weighted by Gasteiger charge is 2.14. The molecule has 0 bridgehead atoms. The molecule has 2 unspecified atom stereocenters.